The monoisotopic (exact) mass is 340 g/mol. The maximum absolute atomic E-state index is 11.5. The second-order valence-corrected chi connectivity index (χ2v) is 5.30. The summed E-state index contributed by atoms with van der Waals surface area (Å²) in [6.45, 7) is 0. The molecule has 116 valence electrons. The number of aliphatic carboxylic acids is 1. The normalized spacial score (nSPS) is 11.8. The first-order valence-electron chi connectivity index (χ1n) is 6.48. The molecular weight excluding hydrogens is 327 g/mol. The molecule has 0 aliphatic carbocycles. The Bertz CT molecular complexity index is 673. The molecule has 0 amide bonds. The Morgan fingerprint density at radius 1 is 1.14 bits per heavy atom. The average molecular weight is 341 g/mol. The van der Waals surface area contributed by atoms with Crippen LogP contribution in [0.15, 0.2) is 42.5 Å². The molecule has 22 heavy (non-hydrogen) atoms. The van der Waals surface area contributed by atoms with Crippen LogP contribution < -0.4 is 9.47 Å². The van der Waals surface area contributed by atoms with E-state index < -0.39 is 12.1 Å². The molecule has 2 aromatic rings. The lowest BCUT2D eigenvalue weighted by atomic mass is 10.1. The van der Waals surface area contributed by atoms with Gasteiger partial charge in [0.15, 0.2) is 17.6 Å². The Hall–Kier alpha value is -1.91. The van der Waals surface area contributed by atoms with Crippen molar-refractivity contribution in [2.24, 2.45) is 0 Å². The molecule has 0 saturated carbocycles. The van der Waals surface area contributed by atoms with Gasteiger partial charge in [-0.25, -0.2) is 4.79 Å². The predicted octanol–water partition coefficient (Wildman–Crippen LogP) is 4.08. The fraction of sp³-hybridized carbons (Fsp3) is 0.188. The van der Waals surface area contributed by atoms with E-state index in [2.05, 4.69) is 0 Å². The summed E-state index contributed by atoms with van der Waals surface area (Å²) in [4.78, 5) is 11.5. The van der Waals surface area contributed by atoms with Crippen LogP contribution in [0.5, 0.6) is 11.5 Å². The molecule has 0 bridgehead atoms. The lowest BCUT2D eigenvalue weighted by Crippen LogP contribution is -2.29. The minimum Gasteiger partial charge on any atom is -0.493 e. The van der Waals surface area contributed by atoms with Gasteiger partial charge in [-0.1, -0.05) is 47.5 Å². The smallest absolute Gasteiger partial charge is 0.345 e. The van der Waals surface area contributed by atoms with Crippen molar-refractivity contribution < 1.29 is 19.4 Å². The van der Waals surface area contributed by atoms with Gasteiger partial charge in [-0.15, -0.1) is 0 Å². The zero-order chi connectivity index (χ0) is 16.1. The van der Waals surface area contributed by atoms with Gasteiger partial charge in [0, 0.05) is 6.42 Å². The van der Waals surface area contributed by atoms with E-state index in [4.69, 9.17) is 32.7 Å². The van der Waals surface area contributed by atoms with Crippen LogP contribution in [0.4, 0.5) is 0 Å². The van der Waals surface area contributed by atoms with Crippen molar-refractivity contribution in [3.8, 4) is 11.5 Å². The molecule has 0 heterocycles. The van der Waals surface area contributed by atoms with Crippen molar-refractivity contribution in [3.63, 3.8) is 0 Å². The summed E-state index contributed by atoms with van der Waals surface area (Å²) in [6, 6.07) is 11.9. The number of benzene rings is 2. The van der Waals surface area contributed by atoms with Crippen LogP contribution in [-0.2, 0) is 11.2 Å². The zero-order valence-corrected chi connectivity index (χ0v) is 13.3. The van der Waals surface area contributed by atoms with E-state index in [9.17, 15) is 9.90 Å². The summed E-state index contributed by atoms with van der Waals surface area (Å²) in [7, 11) is 1.49. The number of methoxy groups -OCH3 is 1. The minimum absolute atomic E-state index is 0.0901. The second kappa shape index (κ2) is 7.38. The fourth-order valence-corrected chi connectivity index (χ4v) is 2.35. The Kier molecular flexibility index (Phi) is 5.52. The molecular formula is C16H14Cl2O4. The standard InChI is InChI=1S/C16H14Cl2O4/c1-21-12-7-2-3-8-13(12)22-14(16(19)20)9-10-5-4-6-11(17)15(10)18/h2-8,14H,9H2,1H3,(H,19,20). The van der Waals surface area contributed by atoms with E-state index in [1.165, 1.54) is 7.11 Å². The van der Waals surface area contributed by atoms with Crippen molar-refractivity contribution in [2.75, 3.05) is 7.11 Å². The average Bonchev–Trinajstić information content (AvgIpc) is 2.51. The third-order valence-electron chi connectivity index (χ3n) is 3.05. The molecule has 0 aromatic heterocycles. The molecule has 2 rings (SSSR count). The van der Waals surface area contributed by atoms with Gasteiger partial charge < -0.3 is 14.6 Å². The largest absolute Gasteiger partial charge is 0.493 e. The summed E-state index contributed by atoms with van der Waals surface area (Å²) in [5.74, 6) is -0.275. The van der Waals surface area contributed by atoms with Crippen LogP contribution in [0, 0.1) is 0 Å². The third-order valence-corrected chi connectivity index (χ3v) is 3.91. The fourth-order valence-electron chi connectivity index (χ4n) is 1.95. The molecule has 0 fully saturated rings. The maximum atomic E-state index is 11.5. The number of hydrogen-bond acceptors (Lipinski definition) is 3. The molecule has 6 heteroatoms. The molecule has 0 radical (unpaired) electrons. The van der Waals surface area contributed by atoms with Crippen molar-refractivity contribution >= 4 is 29.2 Å². The minimum atomic E-state index is -1.10. The van der Waals surface area contributed by atoms with E-state index in [-0.39, 0.29) is 6.42 Å². The molecule has 1 unspecified atom stereocenters. The summed E-state index contributed by atoms with van der Waals surface area (Å²) < 4.78 is 10.7. The van der Waals surface area contributed by atoms with E-state index in [0.717, 1.165) is 0 Å². The number of rotatable bonds is 6. The van der Waals surface area contributed by atoms with Crippen LogP contribution >= 0.6 is 23.2 Å². The molecule has 1 N–H and O–H groups in total. The molecule has 0 spiro atoms. The SMILES string of the molecule is COc1ccccc1OC(Cc1cccc(Cl)c1Cl)C(=O)O. The van der Waals surface area contributed by atoms with Gasteiger partial charge >= 0.3 is 5.97 Å². The number of ether oxygens (including phenoxy) is 2. The van der Waals surface area contributed by atoms with Gasteiger partial charge in [0.1, 0.15) is 0 Å². The van der Waals surface area contributed by atoms with Gasteiger partial charge in [-0.3, -0.25) is 0 Å². The molecule has 0 saturated heterocycles. The van der Waals surface area contributed by atoms with Gasteiger partial charge in [0.05, 0.1) is 17.2 Å². The first kappa shape index (κ1) is 16.5. The van der Waals surface area contributed by atoms with Crippen LogP contribution in [-0.4, -0.2) is 24.3 Å². The predicted molar refractivity (Wildman–Crippen MR) is 85.2 cm³/mol. The van der Waals surface area contributed by atoms with Gasteiger partial charge in [0.25, 0.3) is 0 Å². The Labute approximate surface area is 138 Å². The number of hydrogen-bond donors (Lipinski definition) is 1. The highest BCUT2D eigenvalue weighted by atomic mass is 35.5. The molecule has 0 aliphatic rings. The first-order valence-corrected chi connectivity index (χ1v) is 7.24. The van der Waals surface area contributed by atoms with Crippen LogP contribution in [0.3, 0.4) is 0 Å². The van der Waals surface area contributed by atoms with E-state index in [1.807, 2.05) is 0 Å². The molecule has 0 aliphatic heterocycles. The van der Waals surface area contributed by atoms with Crippen LogP contribution in [0.2, 0.25) is 10.0 Å². The van der Waals surface area contributed by atoms with E-state index in [1.54, 1.807) is 42.5 Å². The van der Waals surface area contributed by atoms with E-state index in [0.29, 0.717) is 27.1 Å². The van der Waals surface area contributed by atoms with Crippen LogP contribution in [0.25, 0.3) is 0 Å². The number of halogens is 2. The second-order valence-electron chi connectivity index (χ2n) is 4.51. The van der Waals surface area contributed by atoms with Crippen LogP contribution in [0.1, 0.15) is 5.56 Å². The van der Waals surface area contributed by atoms with Crippen molar-refractivity contribution in [1.82, 2.24) is 0 Å². The summed E-state index contributed by atoms with van der Waals surface area (Å²) in [6.07, 6.45) is -1.01. The molecule has 2 aromatic carbocycles. The summed E-state index contributed by atoms with van der Waals surface area (Å²) in [5.41, 5.74) is 0.608. The summed E-state index contributed by atoms with van der Waals surface area (Å²) in [5, 5.41) is 10.1. The van der Waals surface area contributed by atoms with Crippen molar-refractivity contribution in [3.05, 3.63) is 58.1 Å². The lowest BCUT2D eigenvalue weighted by Gasteiger charge is -2.18. The zero-order valence-electron chi connectivity index (χ0n) is 11.8. The topological polar surface area (TPSA) is 55.8 Å². The Morgan fingerprint density at radius 3 is 2.45 bits per heavy atom. The lowest BCUT2D eigenvalue weighted by molar-refractivity contribution is -0.145. The quantitative estimate of drug-likeness (QED) is 0.860. The Balaban J connectivity index is 2.24. The van der Waals surface area contributed by atoms with Gasteiger partial charge in [-0.2, -0.15) is 0 Å². The summed E-state index contributed by atoms with van der Waals surface area (Å²) >= 11 is 12.0. The number of carboxylic acid groups (broad SMARTS) is 1. The Morgan fingerprint density at radius 2 is 1.82 bits per heavy atom. The molecule has 4 nitrogen and oxygen atoms in total. The van der Waals surface area contributed by atoms with Crippen molar-refractivity contribution in [1.29, 1.82) is 0 Å². The highest BCUT2D eigenvalue weighted by Crippen LogP contribution is 2.30. The molecule has 1 atom stereocenters. The third kappa shape index (κ3) is 3.84. The number of carbonyl (C=O) groups is 1. The van der Waals surface area contributed by atoms with Crippen molar-refractivity contribution in [2.45, 2.75) is 12.5 Å². The van der Waals surface area contributed by atoms with Gasteiger partial charge in [0.2, 0.25) is 0 Å². The highest BCUT2D eigenvalue weighted by Gasteiger charge is 2.23. The first-order chi connectivity index (χ1) is 10.5. The van der Waals surface area contributed by atoms with Gasteiger partial charge in [-0.05, 0) is 23.8 Å². The highest BCUT2D eigenvalue weighted by molar-refractivity contribution is 6.42. The number of para-hydroxylation sites is 2. The number of carboxylic acids is 1. The maximum Gasteiger partial charge on any atom is 0.345 e. The van der Waals surface area contributed by atoms with E-state index >= 15 is 0 Å².